The molecule has 0 radical (unpaired) electrons. The predicted molar refractivity (Wildman–Crippen MR) is 94.4 cm³/mol. The summed E-state index contributed by atoms with van der Waals surface area (Å²) < 4.78 is 0. The van der Waals surface area contributed by atoms with Gasteiger partial charge in [-0.25, -0.2) is 0 Å². The summed E-state index contributed by atoms with van der Waals surface area (Å²) in [6.07, 6.45) is 6.56. The summed E-state index contributed by atoms with van der Waals surface area (Å²) in [5.74, 6) is 0.220. The molecular formula is C21H17NO. The van der Waals surface area contributed by atoms with E-state index in [2.05, 4.69) is 30.4 Å². The monoisotopic (exact) mass is 299 g/mol. The Morgan fingerprint density at radius 1 is 0.870 bits per heavy atom. The molecule has 0 bridgehead atoms. The molecule has 2 heteroatoms. The molecule has 4 rings (SSSR count). The molecule has 0 unspecified atom stereocenters. The quantitative estimate of drug-likeness (QED) is 0.672. The average Bonchev–Trinajstić information content (AvgIpc) is 2.60. The summed E-state index contributed by atoms with van der Waals surface area (Å²) in [6.45, 7) is 0. The van der Waals surface area contributed by atoms with Crippen LogP contribution in [0.3, 0.4) is 0 Å². The SMILES string of the molecule is O=C1CCCc2nc3ccccc3c(/C=C/c3ccccc3)c21. The zero-order chi connectivity index (χ0) is 15.6. The number of hydrogen-bond acceptors (Lipinski definition) is 2. The molecule has 23 heavy (non-hydrogen) atoms. The third-order valence-electron chi connectivity index (χ3n) is 4.35. The topological polar surface area (TPSA) is 30.0 Å². The second-order valence-electron chi connectivity index (χ2n) is 5.89. The number of aromatic nitrogens is 1. The zero-order valence-corrected chi connectivity index (χ0v) is 12.8. The first-order chi connectivity index (χ1) is 11.3. The Labute approximate surface area is 135 Å². The van der Waals surface area contributed by atoms with Gasteiger partial charge in [0.2, 0.25) is 0 Å². The highest BCUT2D eigenvalue weighted by Gasteiger charge is 2.23. The molecular weight excluding hydrogens is 282 g/mol. The van der Waals surface area contributed by atoms with Crippen molar-refractivity contribution in [2.45, 2.75) is 19.3 Å². The van der Waals surface area contributed by atoms with Crippen molar-refractivity contribution in [3.8, 4) is 0 Å². The molecule has 0 atom stereocenters. The number of ketones is 1. The smallest absolute Gasteiger partial charge is 0.165 e. The van der Waals surface area contributed by atoms with Crippen molar-refractivity contribution in [3.63, 3.8) is 0 Å². The van der Waals surface area contributed by atoms with E-state index in [1.807, 2.05) is 36.4 Å². The highest BCUT2D eigenvalue weighted by molar-refractivity contribution is 6.07. The van der Waals surface area contributed by atoms with Gasteiger partial charge < -0.3 is 0 Å². The minimum absolute atomic E-state index is 0.220. The molecule has 0 spiro atoms. The summed E-state index contributed by atoms with van der Waals surface area (Å²) in [4.78, 5) is 17.2. The van der Waals surface area contributed by atoms with Crippen molar-refractivity contribution < 1.29 is 4.79 Å². The van der Waals surface area contributed by atoms with E-state index in [1.165, 1.54) is 0 Å². The maximum Gasteiger partial charge on any atom is 0.165 e. The van der Waals surface area contributed by atoms with E-state index in [0.29, 0.717) is 6.42 Å². The summed E-state index contributed by atoms with van der Waals surface area (Å²) in [5, 5.41) is 1.05. The molecule has 0 amide bonds. The third kappa shape index (κ3) is 2.57. The number of carbonyl (C=O) groups excluding carboxylic acids is 1. The second kappa shape index (κ2) is 5.81. The number of benzene rings is 2. The molecule has 0 aliphatic heterocycles. The Hall–Kier alpha value is -2.74. The van der Waals surface area contributed by atoms with E-state index < -0.39 is 0 Å². The summed E-state index contributed by atoms with van der Waals surface area (Å²) in [6, 6.07) is 18.2. The lowest BCUT2D eigenvalue weighted by atomic mass is 9.88. The number of fused-ring (bicyclic) bond motifs is 2. The van der Waals surface area contributed by atoms with Gasteiger partial charge in [-0.1, -0.05) is 60.7 Å². The highest BCUT2D eigenvalue weighted by Crippen LogP contribution is 2.30. The number of carbonyl (C=O) groups is 1. The molecule has 1 heterocycles. The van der Waals surface area contributed by atoms with Crippen molar-refractivity contribution >= 4 is 28.8 Å². The van der Waals surface area contributed by atoms with Crippen LogP contribution >= 0.6 is 0 Å². The molecule has 2 aromatic carbocycles. The van der Waals surface area contributed by atoms with Crippen LogP contribution in [0.2, 0.25) is 0 Å². The van der Waals surface area contributed by atoms with E-state index in [9.17, 15) is 4.79 Å². The number of Topliss-reactive ketones (excluding diaryl/α,β-unsaturated/α-hetero) is 1. The fourth-order valence-electron chi connectivity index (χ4n) is 3.24. The van der Waals surface area contributed by atoms with Crippen LogP contribution in [0.1, 0.15) is 40.0 Å². The van der Waals surface area contributed by atoms with Crippen LogP contribution in [0.5, 0.6) is 0 Å². The van der Waals surface area contributed by atoms with E-state index in [4.69, 9.17) is 4.98 Å². The first kappa shape index (κ1) is 13.9. The van der Waals surface area contributed by atoms with Gasteiger partial charge in [-0.3, -0.25) is 9.78 Å². The molecule has 0 saturated carbocycles. The molecule has 0 saturated heterocycles. The Bertz CT molecular complexity index is 910. The number of aryl methyl sites for hydroxylation is 1. The van der Waals surface area contributed by atoms with Crippen molar-refractivity contribution in [2.75, 3.05) is 0 Å². The Kier molecular flexibility index (Phi) is 3.51. The molecule has 1 aromatic heterocycles. The van der Waals surface area contributed by atoms with Crippen molar-refractivity contribution in [3.05, 3.63) is 77.0 Å². The molecule has 0 fully saturated rings. The van der Waals surface area contributed by atoms with Gasteiger partial charge in [0, 0.05) is 17.4 Å². The average molecular weight is 299 g/mol. The molecule has 3 aromatic rings. The van der Waals surface area contributed by atoms with Crippen LogP contribution in [0, 0.1) is 0 Å². The predicted octanol–water partition coefficient (Wildman–Crippen LogP) is 4.92. The van der Waals surface area contributed by atoms with Gasteiger partial charge >= 0.3 is 0 Å². The minimum Gasteiger partial charge on any atom is -0.294 e. The van der Waals surface area contributed by atoms with Gasteiger partial charge in [0.1, 0.15) is 0 Å². The summed E-state index contributed by atoms with van der Waals surface area (Å²) in [5.41, 5.74) is 4.88. The van der Waals surface area contributed by atoms with Crippen LogP contribution in [0.15, 0.2) is 54.6 Å². The zero-order valence-electron chi connectivity index (χ0n) is 12.8. The van der Waals surface area contributed by atoms with Crippen molar-refractivity contribution in [1.82, 2.24) is 4.98 Å². The van der Waals surface area contributed by atoms with Crippen LogP contribution in [-0.4, -0.2) is 10.8 Å². The van der Waals surface area contributed by atoms with Crippen molar-refractivity contribution in [2.24, 2.45) is 0 Å². The highest BCUT2D eigenvalue weighted by atomic mass is 16.1. The van der Waals surface area contributed by atoms with Crippen LogP contribution in [0.4, 0.5) is 0 Å². The van der Waals surface area contributed by atoms with E-state index >= 15 is 0 Å². The van der Waals surface area contributed by atoms with Gasteiger partial charge in [0.15, 0.2) is 5.78 Å². The largest absolute Gasteiger partial charge is 0.294 e. The summed E-state index contributed by atoms with van der Waals surface area (Å²) in [7, 11) is 0. The van der Waals surface area contributed by atoms with Gasteiger partial charge in [0.25, 0.3) is 0 Å². The fraction of sp³-hybridized carbons (Fsp3) is 0.143. The Morgan fingerprint density at radius 2 is 1.65 bits per heavy atom. The molecule has 2 nitrogen and oxygen atoms in total. The van der Waals surface area contributed by atoms with Crippen LogP contribution in [-0.2, 0) is 6.42 Å². The maximum absolute atomic E-state index is 12.5. The van der Waals surface area contributed by atoms with E-state index in [-0.39, 0.29) is 5.78 Å². The summed E-state index contributed by atoms with van der Waals surface area (Å²) >= 11 is 0. The third-order valence-corrected chi connectivity index (χ3v) is 4.35. The molecule has 112 valence electrons. The fourth-order valence-corrected chi connectivity index (χ4v) is 3.24. The number of hydrogen-bond donors (Lipinski definition) is 0. The Balaban J connectivity index is 1.94. The van der Waals surface area contributed by atoms with Crippen molar-refractivity contribution in [1.29, 1.82) is 0 Å². The molecule has 0 N–H and O–H groups in total. The molecule has 1 aliphatic carbocycles. The van der Waals surface area contributed by atoms with Gasteiger partial charge in [-0.2, -0.15) is 0 Å². The lowest BCUT2D eigenvalue weighted by Crippen LogP contribution is -2.14. The number of rotatable bonds is 2. The Morgan fingerprint density at radius 3 is 2.52 bits per heavy atom. The lowest BCUT2D eigenvalue weighted by Gasteiger charge is -2.18. The van der Waals surface area contributed by atoms with E-state index in [1.54, 1.807) is 0 Å². The van der Waals surface area contributed by atoms with Gasteiger partial charge in [0.05, 0.1) is 11.2 Å². The minimum atomic E-state index is 0.220. The first-order valence-electron chi connectivity index (χ1n) is 8.01. The number of nitrogens with zero attached hydrogens (tertiary/aromatic N) is 1. The van der Waals surface area contributed by atoms with E-state index in [0.717, 1.165) is 46.1 Å². The van der Waals surface area contributed by atoms with Gasteiger partial charge in [-0.05, 0) is 30.0 Å². The number of pyridine rings is 1. The second-order valence-corrected chi connectivity index (χ2v) is 5.89. The first-order valence-corrected chi connectivity index (χ1v) is 8.01. The van der Waals surface area contributed by atoms with Crippen LogP contribution < -0.4 is 0 Å². The number of para-hydroxylation sites is 1. The molecule has 1 aliphatic rings. The van der Waals surface area contributed by atoms with Gasteiger partial charge in [-0.15, -0.1) is 0 Å². The maximum atomic E-state index is 12.5. The normalized spacial score (nSPS) is 14.3. The lowest BCUT2D eigenvalue weighted by molar-refractivity contribution is 0.0971. The van der Waals surface area contributed by atoms with Crippen LogP contribution in [0.25, 0.3) is 23.1 Å². The standard InChI is InChI=1S/C21H17NO/c23-20-12-6-11-19-21(20)17(14-13-15-7-2-1-3-8-15)16-9-4-5-10-18(16)22-19/h1-5,7-10,13-14H,6,11-12H2/b14-13+.